The lowest BCUT2D eigenvalue weighted by Crippen LogP contribution is -2.10. The highest BCUT2D eigenvalue weighted by Crippen LogP contribution is 2.29. The van der Waals surface area contributed by atoms with E-state index >= 15 is 0 Å². The molecule has 0 bridgehead atoms. The van der Waals surface area contributed by atoms with Gasteiger partial charge in [0, 0.05) is 23.9 Å². The Morgan fingerprint density at radius 3 is 2.95 bits per heavy atom. The predicted octanol–water partition coefficient (Wildman–Crippen LogP) is 2.32. The number of nitro benzene ring substituents is 1. The molecule has 0 amide bonds. The number of para-hydroxylation sites is 1. The number of H-pyrrole nitrogens is 1. The molecule has 7 heteroatoms. The second-order valence-corrected chi connectivity index (χ2v) is 4.68. The summed E-state index contributed by atoms with van der Waals surface area (Å²) in [5.41, 5.74) is 1.29. The molecular formula is C14H11N3O4. The van der Waals surface area contributed by atoms with Crippen molar-refractivity contribution in [2.24, 2.45) is 0 Å². The maximum Gasteiger partial charge on any atom is 0.312 e. The van der Waals surface area contributed by atoms with Gasteiger partial charge in [0.2, 0.25) is 5.58 Å². The van der Waals surface area contributed by atoms with Crippen LogP contribution >= 0.6 is 0 Å². The van der Waals surface area contributed by atoms with Crippen LogP contribution in [0.5, 0.6) is 0 Å². The van der Waals surface area contributed by atoms with E-state index in [1.165, 1.54) is 12.1 Å². The van der Waals surface area contributed by atoms with Gasteiger partial charge in [0.15, 0.2) is 0 Å². The van der Waals surface area contributed by atoms with Crippen LogP contribution in [-0.4, -0.2) is 15.1 Å². The van der Waals surface area contributed by atoms with Gasteiger partial charge < -0.3 is 4.42 Å². The molecule has 21 heavy (non-hydrogen) atoms. The van der Waals surface area contributed by atoms with Gasteiger partial charge in [-0.3, -0.25) is 14.9 Å². The number of hydrogen-bond donors (Lipinski definition) is 1. The normalized spacial score (nSPS) is 10.9. The third-order valence-corrected chi connectivity index (χ3v) is 3.24. The van der Waals surface area contributed by atoms with Crippen LogP contribution in [0.2, 0.25) is 0 Å². The van der Waals surface area contributed by atoms with Crippen molar-refractivity contribution in [2.75, 3.05) is 0 Å². The van der Waals surface area contributed by atoms with Gasteiger partial charge >= 0.3 is 5.69 Å². The first kappa shape index (κ1) is 13.0. The van der Waals surface area contributed by atoms with Crippen molar-refractivity contribution in [2.45, 2.75) is 13.3 Å². The Kier molecular flexibility index (Phi) is 3.02. The van der Waals surface area contributed by atoms with Crippen LogP contribution in [-0.2, 0) is 6.42 Å². The third-order valence-electron chi connectivity index (χ3n) is 3.24. The summed E-state index contributed by atoms with van der Waals surface area (Å²) in [6.07, 6.45) is 0.356. The lowest BCUT2D eigenvalue weighted by Gasteiger charge is -2.00. The minimum Gasteiger partial charge on any atom is -0.453 e. The molecule has 1 aromatic carbocycles. The number of hydrogen-bond acceptors (Lipinski definition) is 5. The summed E-state index contributed by atoms with van der Waals surface area (Å²) in [5, 5.41) is 17.9. The smallest absolute Gasteiger partial charge is 0.312 e. The molecule has 2 heterocycles. The highest BCUT2D eigenvalue weighted by Gasteiger charge is 2.16. The Morgan fingerprint density at radius 1 is 1.38 bits per heavy atom. The largest absolute Gasteiger partial charge is 0.453 e. The van der Waals surface area contributed by atoms with Gasteiger partial charge in [0.25, 0.3) is 5.56 Å². The summed E-state index contributed by atoms with van der Waals surface area (Å²) in [7, 11) is 0. The Balaban J connectivity index is 2.06. The summed E-state index contributed by atoms with van der Waals surface area (Å²) in [6.45, 7) is 1.77. The topological polar surface area (TPSA) is 102 Å². The lowest BCUT2D eigenvalue weighted by molar-refractivity contribution is -0.383. The van der Waals surface area contributed by atoms with Crippen LogP contribution in [0.15, 0.2) is 39.5 Å². The molecule has 3 rings (SSSR count). The molecule has 0 aliphatic rings. The molecule has 0 atom stereocenters. The Morgan fingerprint density at radius 2 is 2.19 bits per heavy atom. The predicted molar refractivity (Wildman–Crippen MR) is 75.3 cm³/mol. The number of aromatic amines is 1. The van der Waals surface area contributed by atoms with Crippen molar-refractivity contribution in [3.05, 3.63) is 67.8 Å². The number of nitro groups is 1. The number of nitrogens with one attached hydrogen (secondary N) is 1. The van der Waals surface area contributed by atoms with Gasteiger partial charge in [0.1, 0.15) is 5.76 Å². The zero-order chi connectivity index (χ0) is 15.0. The molecule has 3 aromatic rings. The zero-order valence-corrected chi connectivity index (χ0v) is 11.1. The van der Waals surface area contributed by atoms with Gasteiger partial charge in [-0.15, -0.1) is 0 Å². The van der Waals surface area contributed by atoms with E-state index in [2.05, 4.69) is 10.2 Å². The van der Waals surface area contributed by atoms with Crippen molar-refractivity contribution in [3.8, 4) is 0 Å². The molecule has 0 aliphatic carbocycles. The van der Waals surface area contributed by atoms with Gasteiger partial charge in [-0.2, -0.15) is 5.10 Å². The lowest BCUT2D eigenvalue weighted by atomic mass is 10.1. The fourth-order valence-corrected chi connectivity index (χ4v) is 2.20. The van der Waals surface area contributed by atoms with Crippen LogP contribution in [0.3, 0.4) is 0 Å². The Bertz CT molecular complexity index is 895. The average molecular weight is 285 g/mol. The van der Waals surface area contributed by atoms with Gasteiger partial charge in [0.05, 0.1) is 10.6 Å². The van der Waals surface area contributed by atoms with Crippen molar-refractivity contribution < 1.29 is 9.34 Å². The molecule has 106 valence electrons. The molecule has 0 spiro atoms. The number of fused-ring (bicyclic) bond motifs is 1. The van der Waals surface area contributed by atoms with E-state index in [1.807, 2.05) is 0 Å². The number of furan rings is 1. The molecule has 0 saturated carbocycles. The standard InChI is InChI=1S/C14H11N3O4/c1-8-10(7-13(18)16-15-8)6-11-5-9-3-2-4-12(17(19)20)14(9)21-11/h2-5,7H,6H2,1H3,(H,16,18). The highest BCUT2D eigenvalue weighted by atomic mass is 16.6. The molecule has 1 N–H and O–H groups in total. The molecular weight excluding hydrogens is 274 g/mol. The zero-order valence-electron chi connectivity index (χ0n) is 11.1. The highest BCUT2D eigenvalue weighted by molar-refractivity contribution is 5.86. The number of aryl methyl sites for hydroxylation is 1. The molecule has 0 fully saturated rings. The number of aromatic nitrogens is 2. The van der Waals surface area contributed by atoms with Crippen LogP contribution in [0, 0.1) is 17.0 Å². The second-order valence-electron chi connectivity index (χ2n) is 4.68. The molecule has 0 unspecified atom stereocenters. The summed E-state index contributed by atoms with van der Waals surface area (Å²) < 4.78 is 5.58. The first-order valence-electron chi connectivity index (χ1n) is 6.25. The minimum atomic E-state index is -0.477. The van der Waals surface area contributed by atoms with Crippen LogP contribution in [0.25, 0.3) is 11.0 Å². The maximum absolute atomic E-state index is 11.3. The first-order chi connectivity index (χ1) is 10.0. The van der Waals surface area contributed by atoms with E-state index in [4.69, 9.17) is 4.42 Å². The SMILES string of the molecule is Cc1n[nH]c(=O)cc1Cc1cc2cccc([N+](=O)[O-])c2o1. The summed E-state index contributed by atoms with van der Waals surface area (Å²) in [5.74, 6) is 0.551. The third kappa shape index (κ3) is 2.40. The summed E-state index contributed by atoms with van der Waals surface area (Å²) >= 11 is 0. The van der Waals surface area contributed by atoms with Gasteiger partial charge in [-0.1, -0.05) is 12.1 Å². The van der Waals surface area contributed by atoms with Gasteiger partial charge in [-0.05, 0) is 18.6 Å². The fraction of sp³-hybridized carbons (Fsp3) is 0.143. The van der Waals surface area contributed by atoms with E-state index in [0.717, 1.165) is 5.56 Å². The minimum absolute atomic E-state index is 0.0699. The van der Waals surface area contributed by atoms with Crippen molar-refractivity contribution in [1.82, 2.24) is 10.2 Å². The number of non-ortho nitro benzene ring substituents is 1. The Hall–Kier alpha value is -2.96. The number of nitrogens with zero attached hydrogens (tertiary/aromatic N) is 2. The van der Waals surface area contributed by atoms with E-state index in [1.54, 1.807) is 25.1 Å². The van der Waals surface area contributed by atoms with E-state index in [9.17, 15) is 14.9 Å². The molecule has 0 saturated heterocycles. The monoisotopic (exact) mass is 285 g/mol. The van der Waals surface area contributed by atoms with Crippen LogP contribution < -0.4 is 5.56 Å². The van der Waals surface area contributed by atoms with E-state index < -0.39 is 4.92 Å². The molecule has 7 nitrogen and oxygen atoms in total. The van der Waals surface area contributed by atoms with Crippen molar-refractivity contribution in [1.29, 1.82) is 0 Å². The number of rotatable bonds is 3. The van der Waals surface area contributed by atoms with E-state index in [-0.39, 0.29) is 16.8 Å². The molecule has 2 aromatic heterocycles. The molecule has 0 aliphatic heterocycles. The van der Waals surface area contributed by atoms with E-state index in [0.29, 0.717) is 23.3 Å². The number of benzene rings is 1. The average Bonchev–Trinajstić information content (AvgIpc) is 2.84. The fourth-order valence-electron chi connectivity index (χ4n) is 2.20. The van der Waals surface area contributed by atoms with Crippen molar-refractivity contribution >= 4 is 16.7 Å². The molecule has 0 radical (unpaired) electrons. The quantitative estimate of drug-likeness (QED) is 0.587. The van der Waals surface area contributed by atoms with Crippen molar-refractivity contribution in [3.63, 3.8) is 0 Å². The van der Waals surface area contributed by atoms with Crippen LogP contribution in [0.1, 0.15) is 17.0 Å². The van der Waals surface area contributed by atoms with Gasteiger partial charge in [-0.25, -0.2) is 5.10 Å². The Labute approximate surface area is 118 Å². The van der Waals surface area contributed by atoms with Crippen LogP contribution in [0.4, 0.5) is 5.69 Å². The summed E-state index contributed by atoms with van der Waals surface area (Å²) in [6, 6.07) is 7.95. The summed E-state index contributed by atoms with van der Waals surface area (Å²) in [4.78, 5) is 21.8. The second kappa shape index (κ2) is 4.86. The maximum atomic E-state index is 11.3. The first-order valence-corrected chi connectivity index (χ1v) is 6.25.